The number of fused-ring (bicyclic) bond motifs is 1. The van der Waals surface area contributed by atoms with Crippen LogP contribution in [-0.2, 0) is 22.3 Å². The van der Waals surface area contributed by atoms with Crippen molar-refractivity contribution in [3.05, 3.63) is 23.4 Å². The Labute approximate surface area is 188 Å². The van der Waals surface area contributed by atoms with Gasteiger partial charge in [-0.25, -0.2) is 4.98 Å². The maximum atomic E-state index is 10.2. The van der Waals surface area contributed by atoms with Gasteiger partial charge in [0.15, 0.2) is 6.29 Å². The zero-order valence-corrected chi connectivity index (χ0v) is 20.2. The van der Waals surface area contributed by atoms with E-state index in [0.29, 0.717) is 6.42 Å². The van der Waals surface area contributed by atoms with E-state index in [0.717, 1.165) is 63.4 Å². The second-order valence-electron chi connectivity index (χ2n) is 9.72. The summed E-state index contributed by atoms with van der Waals surface area (Å²) in [7, 11) is 1.74. The Balaban J connectivity index is 1.78. The molecule has 0 aliphatic carbocycles. The average molecular weight is 437 g/mol. The predicted octanol–water partition coefficient (Wildman–Crippen LogP) is 2.95. The Morgan fingerprint density at radius 1 is 1.26 bits per heavy atom. The van der Waals surface area contributed by atoms with Gasteiger partial charge in [-0.2, -0.15) is 0 Å². The number of aliphatic hydroxyl groups is 1. The van der Waals surface area contributed by atoms with E-state index in [2.05, 4.69) is 29.3 Å². The highest BCUT2D eigenvalue weighted by Gasteiger charge is 2.23. The van der Waals surface area contributed by atoms with Crippen LogP contribution in [-0.4, -0.2) is 72.3 Å². The first-order valence-electron chi connectivity index (χ1n) is 11.8. The summed E-state index contributed by atoms with van der Waals surface area (Å²) in [6, 6.07) is 3.99. The number of anilines is 1. The first kappa shape index (κ1) is 26.0. The number of aliphatic hydroxyl groups excluding tert-OH is 1. The number of hydrogen-bond donors (Lipinski definition) is 3. The molecule has 0 saturated heterocycles. The highest BCUT2D eigenvalue weighted by molar-refractivity contribution is 5.46. The Morgan fingerprint density at radius 2 is 2.03 bits per heavy atom. The molecular formula is C24H44N4O3. The van der Waals surface area contributed by atoms with Gasteiger partial charge in [0, 0.05) is 25.9 Å². The number of pyridine rings is 1. The minimum Gasteiger partial charge on any atom is -0.380 e. The number of nitrogens with zero attached hydrogens (tertiary/aromatic N) is 2. The Hall–Kier alpha value is -1.25. The fraction of sp³-hybridized carbons (Fsp3) is 0.792. The second-order valence-corrected chi connectivity index (χ2v) is 9.72. The molecule has 0 amide bonds. The van der Waals surface area contributed by atoms with Gasteiger partial charge in [0.05, 0.1) is 17.7 Å². The number of unbranched alkanes of at least 4 members (excludes halogenated alkanes) is 1. The summed E-state index contributed by atoms with van der Waals surface area (Å²) >= 11 is 0. The van der Waals surface area contributed by atoms with Crippen LogP contribution in [0.1, 0.15) is 64.6 Å². The van der Waals surface area contributed by atoms with Crippen LogP contribution in [0, 0.1) is 0 Å². The lowest BCUT2D eigenvalue weighted by Crippen LogP contribution is -2.44. The minimum atomic E-state index is -0.953. The molecule has 0 bridgehead atoms. The molecule has 0 spiro atoms. The Kier molecular flexibility index (Phi) is 10.7. The number of methoxy groups -OCH3 is 1. The number of aromatic nitrogens is 1. The number of ether oxygens (including phenoxy) is 2. The summed E-state index contributed by atoms with van der Waals surface area (Å²) in [5.74, 6) is 1.07. The summed E-state index contributed by atoms with van der Waals surface area (Å²) in [6.07, 6.45) is 5.34. The predicted molar refractivity (Wildman–Crippen MR) is 126 cm³/mol. The molecule has 1 aliphatic heterocycles. The van der Waals surface area contributed by atoms with Gasteiger partial charge in [-0.1, -0.05) is 6.07 Å². The van der Waals surface area contributed by atoms with Crippen LogP contribution >= 0.6 is 0 Å². The van der Waals surface area contributed by atoms with Crippen molar-refractivity contribution in [2.24, 2.45) is 5.73 Å². The van der Waals surface area contributed by atoms with Crippen LogP contribution in [0.2, 0.25) is 0 Å². The van der Waals surface area contributed by atoms with Crippen molar-refractivity contribution in [2.45, 2.75) is 90.3 Å². The van der Waals surface area contributed by atoms with Crippen molar-refractivity contribution < 1.29 is 14.6 Å². The maximum Gasteiger partial charge on any atom is 0.170 e. The molecule has 1 unspecified atom stereocenters. The molecule has 2 rings (SSSR count). The van der Waals surface area contributed by atoms with Gasteiger partial charge in [-0.05, 0) is 90.9 Å². The Morgan fingerprint density at radius 3 is 2.74 bits per heavy atom. The van der Waals surface area contributed by atoms with Gasteiger partial charge in [0.2, 0.25) is 0 Å². The van der Waals surface area contributed by atoms with E-state index in [1.165, 1.54) is 12.0 Å². The van der Waals surface area contributed by atoms with E-state index in [1.54, 1.807) is 7.11 Å². The van der Waals surface area contributed by atoms with Gasteiger partial charge in [-0.3, -0.25) is 0 Å². The summed E-state index contributed by atoms with van der Waals surface area (Å²) in [5.41, 5.74) is 8.26. The zero-order chi connectivity index (χ0) is 22.9. The van der Waals surface area contributed by atoms with Crippen LogP contribution in [0.3, 0.4) is 0 Å². The SMILES string of the molecule is CO[C@H](C)CN(CCCCc1ccc2c(n1)NCCC2)CC[C@H](N)C(O)OC(C)(C)C. The van der Waals surface area contributed by atoms with Gasteiger partial charge >= 0.3 is 0 Å². The molecule has 1 aromatic heterocycles. The molecule has 178 valence electrons. The lowest BCUT2D eigenvalue weighted by atomic mass is 10.1. The van der Waals surface area contributed by atoms with Crippen molar-refractivity contribution in [1.29, 1.82) is 0 Å². The van der Waals surface area contributed by atoms with E-state index >= 15 is 0 Å². The largest absolute Gasteiger partial charge is 0.380 e. The van der Waals surface area contributed by atoms with Crippen molar-refractivity contribution in [3.8, 4) is 0 Å². The van der Waals surface area contributed by atoms with E-state index < -0.39 is 17.9 Å². The number of rotatable bonds is 13. The first-order chi connectivity index (χ1) is 14.7. The normalized spacial score (nSPS) is 17.2. The quantitative estimate of drug-likeness (QED) is 0.323. The number of nitrogens with two attached hydrogens (primary N) is 1. The van der Waals surface area contributed by atoms with Gasteiger partial charge in [0.1, 0.15) is 5.82 Å². The number of hydrogen-bond acceptors (Lipinski definition) is 7. The summed E-state index contributed by atoms with van der Waals surface area (Å²) in [6.45, 7) is 11.5. The number of aryl methyl sites for hydroxylation is 2. The van der Waals surface area contributed by atoms with E-state index in [-0.39, 0.29) is 6.10 Å². The fourth-order valence-corrected chi connectivity index (χ4v) is 3.81. The molecule has 3 atom stereocenters. The highest BCUT2D eigenvalue weighted by atomic mass is 16.6. The highest BCUT2D eigenvalue weighted by Crippen LogP contribution is 2.20. The van der Waals surface area contributed by atoms with Gasteiger partial charge in [0.25, 0.3) is 0 Å². The molecule has 0 fully saturated rings. The average Bonchev–Trinajstić information content (AvgIpc) is 2.73. The third kappa shape index (κ3) is 9.83. The third-order valence-corrected chi connectivity index (χ3v) is 5.65. The lowest BCUT2D eigenvalue weighted by Gasteiger charge is -2.30. The number of nitrogens with one attached hydrogen (secondary N) is 1. The molecule has 7 heteroatoms. The third-order valence-electron chi connectivity index (χ3n) is 5.65. The van der Waals surface area contributed by atoms with Gasteiger partial charge in [-0.15, -0.1) is 0 Å². The lowest BCUT2D eigenvalue weighted by molar-refractivity contribution is -0.176. The molecule has 0 aromatic carbocycles. The van der Waals surface area contributed by atoms with Crippen LogP contribution < -0.4 is 11.1 Å². The van der Waals surface area contributed by atoms with E-state index in [9.17, 15) is 5.11 Å². The van der Waals surface area contributed by atoms with Crippen LogP contribution in [0.4, 0.5) is 5.82 Å². The monoisotopic (exact) mass is 436 g/mol. The molecule has 1 aromatic rings. The van der Waals surface area contributed by atoms with Crippen molar-refractivity contribution in [1.82, 2.24) is 9.88 Å². The molecule has 2 heterocycles. The molecule has 4 N–H and O–H groups in total. The topological polar surface area (TPSA) is 92.9 Å². The van der Waals surface area contributed by atoms with Crippen LogP contribution in [0.25, 0.3) is 0 Å². The summed E-state index contributed by atoms with van der Waals surface area (Å²) in [5, 5.41) is 13.6. The fourth-order valence-electron chi connectivity index (χ4n) is 3.81. The standard InChI is InChI=1S/C24H44N4O3/c1-18(30-5)17-28(16-13-21(25)23(29)31-24(2,3)4)15-7-6-10-20-12-11-19-9-8-14-26-22(19)27-20/h11-12,18,21,23,29H,6-10,13-17,25H2,1-5H3,(H,26,27)/t18-,21+,23?/m1/s1. The molecule has 1 aliphatic rings. The van der Waals surface area contributed by atoms with Crippen molar-refractivity contribution in [2.75, 3.05) is 38.6 Å². The first-order valence-corrected chi connectivity index (χ1v) is 11.8. The molecule has 31 heavy (non-hydrogen) atoms. The van der Waals surface area contributed by atoms with Crippen LogP contribution in [0.5, 0.6) is 0 Å². The second kappa shape index (κ2) is 12.7. The smallest absolute Gasteiger partial charge is 0.170 e. The maximum absolute atomic E-state index is 10.2. The molecule has 0 radical (unpaired) electrons. The van der Waals surface area contributed by atoms with Crippen molar-refractivity contribution >= 4 is 5.82 Å². The van der Waals surface area contributed by atoms with Crippen LogP contribution in [0.15, 0.2) is 12.1 Å². The molecule has 7 nitrogen and oxygen atoms in total. The molecule has 0 saturated carbocycles. The van der Waals surface area contributed by atoms with Gasteiger partial charge < -0.3 is 30.5 Å². The minimum absolute atomic E-state index is 0.153. The van der Waals surface area contributed by atoms with E-state index in [4.69, 9.17) is 20.2 Å². The molecular weight excluding hydrogens is 392 g/mol. The zero-order valence-electron chi connectivity index (χ0n) is 20.2. The summed E-state index contributed by atoms with van der Waals surface area (Å²) < 4.78 is 11.1. The van der Waals surface area contributed by atoms with Crippen molar-refractivity contribution in [3.63, 3.8) is 0 Å². The summed E-state index contributed by atoms with van der Waals surface area (Å²) in [4.78, 5) is 7.17. The Bertz CT molecular complexity index is 650. The van der Waals surface area contributed by atoms with E-state index in [1.807, 2.05) is 20.8 Å².